The molecule has 0 aliphatic rings. The first-order chi connectivity index (χ1) is 15.6. The van der Waals surface area contributed by atoms with E-state index in [0.717, 1.165) is 5.56 Å². The number of imidazole rings is 1. The molecule has 0 spiro atoms. The second-order valence-electron chi connectivity index (χ2n) is 7.33. The normalized spacial score (nSPS) is 12.0. The lowest BCUT2D eigenvalue weighted by Gasteiger charge is -2.14. The fourth-order valence-electron chi connectivity index (χ4n) is 3.43. The number of nitrogens with one attached hydrogen (secondary N) is 3. The van der Waals surface area contributed by atoms with Crippen molar-refractivity contribution in [3.05, 3.63) is 82.8 Å². The third-order valence-corrected chi connectivity index (χ3v) is 5.09. The number of aromatic amines is 2. The van der Waals surface area contributed by atoms with Crippen LogP contribution in [-0.4, -0.2) is 35.2 Å². The quantitative estimate of drug-likeness (QED) is 0.338. The van der Waals surface area contributed by atoms with Gasteiger partial charge in [-0.3, -0.25) is 4.79 Å². The third-order valence-electron chi connectivity index (χ3n) is 5.09. The first kappa shape index (κ1) is 19.4. The summed E-state index contributed by atoms with van der Waals surface area (Å²) in [5.41, 5.74) is 3.33. The smallest absolute Gasteiger partial charge is 0.275 e. The van der Waals surface area contributed by atoms with E-state index in [4.69, 9.17) is 0 Å². The van der Waals surface area contributed by atoms with Gasteiger partial charge in [0.2, 0.25) is 5.95 Å². The number of hydrogen-bond donors (Lipinski definition) is 4. The topological polar surface area (TPSA) is 132 Å². The van der Waals surface area contributed by atoms with Crippen LogP contribution in [-0.2, 0) is 0 Å². The number of rotatable bonds is 5. The van der Waals surface area contributed by atoms with Crippen LogP contribution in [0.1, 0.15) is 18.5 Å². The highest BCUT2D eigenvalue weighted by atomic mass is 16.3. The molecular formula is C23H19N7O2. The van der Waals surface area contributed by atoms with Gasteiger partial charge in [0.25, 0.3) is 5.56 Å². The first-order valence-electron chi connectivity index (χ1n) is 10.0. The van der Waals surface area contributed by atoms with Crippen molar-refractivity contribution < 1.29 is 5.11 Å². The molecule has 0 unspecified atom stereocenters. The van der Waals surface area contributed by atoms with Crippen LogP contribution in [0.15, 0.2) is 71.7 Å². The van der Waals surface area contributed by atoms with Gasteiger partial charge in [0, 0.05) is 12.3 Å². The van der Waals surface area contributed by atoms with Crippen LogP contribution < -0.4 is 10.9 Å². The van der Waals surface area contributed by atoms with E-state index in [1.165, 1.54) is 0 Å². The first-order valence-corrected chi connectivity index (χ1v) is 10.0. The van der Waals surface area contributed by atoms with Crippen molar-refractivity contribution in [2.24, 2.45) is 0 Å². The van der Waals surface area contributed by atoms with E-state index < -0.39 is 0 Å². The van der Waals surface area contributed by atoms with Crippen LogP contribution >= 0.6 is 0 Å². The Bertz CT molecular complexity index is 1460. The molecule has 0 aliphatic heterocycles. The molecule has 0 fully saturated rings. The second kappa shape index (κ2) is 7.95. The van der Waals surface area contributed by atoms with Gasteiger partial charge in [-0.2, -0.15) is 5.10 Å². The molecule has 2 aromatic carbocycles. The van der Waals surface area contributed by atoms with Gasteiger partial charge in [-0.25, -0.2) is 20.1 Å². The highest BCUT2D eigenvalue weighted by Gasteiger charge is 2.14. The number of phenols is 1. The summed E-state index contributed by atoms with van der Waals surface area (Å²) < 4.78 is 0. The van der Waals surface area contributed by atoms with E-state index in [1.807, 2.05) is 37.3 Å². The second-order valence-corrected chi connectivity index (χ2v) is 7.33. The number of anilines is 1. The van der Waals surface area contributed by atoms with Crippen molar-refractivity contribution in [2.45, 2.75) is 13.0 Å². The summed E-state index contributed by atoms with van der Waals surface area (Å²) in [4.78, 5) is 28.8. The molecule has 0 amide bonds. The molecule has 5 rings (SSSR count). The average molecular weight is 425 g/mol. The summed E-state index contributed by atoms with van der Waals surface area (Å²) in [6, 6.07) is 18.1. The van der Waals surface area contributed by atoms with Gasteiger partial charge < -0.3 is 15.4 Å². The molecule has 0 radical (unpaired) electrons. The minimum absolute atomic E-state index is 0.0116. The molecule has 1 atom stereocenters. The van der Waals surface area contributed by atoms with Crippen LogP contribution in [0, 0.1) is 0 Å². The third kappa shape index (κ3) is 3.79. The Balaban J connectivity index is 1.48. The van der Waals surface area contributed by atoms with Gasteiger partial charge in [-0.15, -0.1) is 0 Å². The molecule has 5 aromatic rings. The molecule has 0 aliphatic carbocycles. The van der Waals surface area contributed by atoms with E-state index in [0.29, 0.717) is 39.8 Å². The van der Waals surface area contributed by atoms with E-state index in [2.05, 4.69) is 35.5 Å². The number of aromatic hydroxyl groups is 1. The Morgan fingerprint density at radius 2 is 1.84 bits per heavy atom. The lowest BCUT2D eigenvalue weighted by molar-refractivity contribution is 0.476. The molecular weight excluding hydrogens is 406 g/mol. The Labute approximate surface area is 182 Å². The van der Waals surface area contributed by atoms with Crippen molar-refractivity contribution in [3.8, 4) is 28.5 Å². The van der Waals surface area contributed by atoms with E-state index in [9.17, 15) is 9.90 Å². The summed E-state index contributed by atoms with van der Waals surface area (Å²) in [7, 11) is 0. The van der Waals surface area contributed by atoms with Crippen LogP contribution in [0.3, 0.4) is 0 Å². The molecule has 0 saturated carbocycles. The number of H-pyrrole nitrogens is 2. The predicted molar refractivity (Wildman–Crippen MR) is 121 cm³/mol. The molecule has 3 heterocycles. The maximum atomic E-state index is 12.4. The summed E-state index contributed by atoms with van der Waals surface area (Å²) in [5.74, 6) is 0.941. The number of benzene rings is 2. The fourth-order valence-corrected chi connectivity index (χ4v) is 3.43. The average Bonchev–Trinajstić information content (AvgIpc) is 3.23. The van der Waals surface area contributed by atoms with Crippen molar-refractivity contribution in [1.82, 2.24) is 30.1 Å². The number of hydrogen-bond acceptors (Lipinski definition) is 7. The minimum atomic E-state index is -0.387. The van der Waals surface area contributed by atoms with Crippen LogP contribution in [0.5, 0.6) is 5.75 Å². The van der Waals surface area contributed by atoms with Gasteiger partial charge >= 0.3 is 0 Å². The Kier molecular flexibility index (Phi) is 4.83. The summed E-state index contributed by atoms with van der Waals surface area (Å²) >= 11 is 0. The van der Waals surface area contributed by atoms with E-state index >= 15 is 0 Å². The standard InChI is InChI=1S/C23H19N7O2/c1-13(14-5-3-2-4-6-14)25-23-24-10-9-18(28-23)20-12-16(22(32)30-29-20)21-26-17-8-7-15(31)11-19(17)27-21/h2-13,31H,1H3,(H,26,27)(H,30,32)(H,24,25,28)/t13-/m1/s1. The number of phenolic OH excluding ortho intramolecular Hbond substituents is 1. The predicted octanol–water partition coefficient (Wildman–Crippen LogP) is 3.65. The number of aromatic nitrogens is 6. The number of fused-ring (bicyclic) bond motifs is 1. The number of nitrogens with zero attached hydrogens (tertiary/aromatic N) is 4. The zero-order chi connectivity index (χ0) is 22.1. The van der Waals surface area contributed by atoms with Crippen molar-refractivity contribution >= 4 is 17.0 Å². The van der Waals surface area contributed by atoms with Crippen LogP contribution in [0.4, 0.5) is 5.95 Å². The van der Waals surface area contributed by atoms with Crippen molar-refractivity contribution in [3.63, 3.8) is 0 Å². The fraction of sp³-hybridized carbons (Fsp3) is 0.0870. The Hall–Kier alpha value is -4.53. The Morgan fingerprint density at radius 1 is 1.00 bits per heavy atom. The molecule has 9 heteroatoms. The van der Waals surface area contributed by atoms with Crippen LogP contribution in [0.25, 0.3) is 33.8 Å². The van der Waals surface area contributed by atoms with Crippen molar-refractivity contribution in [2.75, 3.05) is 5.32 Å². The summed E-state index contributed by atoms with van der Waals surface area (Å²) in [6.45, 7) is 2.03. The minimum Gasteiger partial charge on any atom is -0.508 e. The maximum Gasteiger partial charge on any atom is 0.275 e. The van der Waals surface area contributed by atoms with E-state index in [-0.39, 0.29) is 17.4 Å². The molecule has 0 bridgehead atoms. The maximum absolute atomic E-state index is 12.4. The zero-order valence-electron chi connectivity index (χ0n) is 17.1. The monoisotopic (exact) mass is 425 g/mol. The molecule has 0 saturated heterocycles. The van der Waals surface area contributed by atoms with Gasteiger partial charge in [0.05, 0.1) is 28.3 Å². The molecule has 3 aromatic heterocycles. The van der Waals surface area contributed by atoms with Gasteiger partial charge in [0.1, 0.15) is 17.3 Å². The van der Waals surface area contributed by atoms with Crippen LogP contribution in [0.2, 0.25) is 0 Å². The SMILES string of the molecule is C[C@@H](Nc1nccc(-c2cc(-c3nc4ccc(O)cc4[nH]3)c(=O)[nH]n2)n1)c1ccccc1. The highest BCUT2D eigenvalue weighted by molar-refractivity contribution is 5.81. The van der Waals surface area contributed by atoms with Crippen molar-refractivity contribution in [1.29, 1.82) is 0 Å². The molecule has 32 heavy (non-hydrogen) atoms. The Morgan fingerprint density at radius 3 is 2.69 bits per heavy atom. The van der Waals surface area contributed by atoms with E-state index in [1.54, 1.807) is 36.5 Å². The highest BCUT2D eigenvalue weighted by Crippen LogP contribution is 2.24. The molecule has 4 N–H and O–H groups in total. The summed E-state index contributed by atoms with van der Waals surface area (Å²) in [6.07, 6.45) is 1.64. The lowest BCUT2D eigenvalue weighted by Crippen LogP contribution is -2.13. The molecule has 158 valence electrons. The largest absolute Gasteiger partial charge is 0.508 e. The zero-order valence-corrected chi connectivity index (χ0v) is 17.1. The van der Waals surface area contributed by atoms with Gasteiger partial charge in [-0.1, -0.05) is 30.3 Å². The van der Waals surface area contributed by atoms with Gasteiger partial charge in [-0.05, 0) is 36.8 Å². The summed E-state index contributed by atoms with van der Waals surface area (Å²) in [5, 5.41) is 19.6. The molecule has 9 nitrogen and oxygen atoms in total. The van der Waals surface area contributed by atoms with Gasteiger partial charge in [0.15, 0.2) is 0 Å². The lowest BCUT2D eigenvalue weighted by atomic mass is 10.1.